The summed E-state index contributed by atoms with van der Waals surface area (Å²) in [6.07, 6.45) is 2.74. The van der Waals surface area contributed by atoms with Gasteiger partial charge in [0, 0.05) is 31.2 Å². The molecule has 1 N–H and O–H groups in total. The minimum atomic E-state index is -0.594. The Balaban J connectivity index is 0.00000176. The van der Waals surface area contributed by atoms with E-state index in [0.717, 1.165) is 25.9 Å². The van der Waals surface area contributed by atoms with E-state index in [0.29, 0.717) is 17.8 Å². The highest BCUT2D eigenvalue weighted by atomic mass is 35.5. The van der Waals surface area contributed by atoms with Crippen molar-refractivity contribution in [3.63, 3.8) is 0 Å². The summed E-state index contributed by atoms with van der Waals surface area (Å²) in [7, 11) is 0. The Hall–Kier alpha value is -1.33. The number of carbonyl (C=O) groups is 1. The Morgan fingerprint density at radius 3 is 2.91 bits per heavy atom. The number of nitrogens with zero attached hydrogens (tertiary/aromatic N) is 1. The van der Waals surface area contributed by atoms with Gasteiger partial charge in [-0.05, 0) is 38.3 Å². The molecule has 2 saturated heterocycles. The summed E-state index contributed by atoms with van der Waals surface area (Å²) in [5.74, 6) is 0.0161. The van der Waals surface area contributed by atoms with Gasteiger partial charge in [-0.2, -0.15) is 0 Å². The van der Waals surface area contributed by atoms with Gasteiger partial charge in [-0.25, -0.2) is 4.39 Å². The molecule has 0 radical (unpaired) electrons. The summed E-state index contributed by atoms with van der Waals surface area (Å²) in [5, 5.41) is 3.55. The molecule has 0 aromatic heterocycles. The van der Waals surface area contributed by atoms with Crippen molar-refractivity contribution in [2.45, 2.75) is 44.4 Å². The predicted octanol–water partition coefficient (Wildman–Crippen LogP) is 2.37. The molecule has 1 amide bonds. The first-order chi connectivity index (χ1) is 10.1. The first kappa shape index (κ1) is 17.0. The molecule has 2 heterocycles. The molecular formula is C16H22ClFN2O2. The van der Waals surface area contributed by atoms with Crippen LogP contribution in [0.2, 0.25) is 0 Å². The number of nitrogens with one attached hydrogen (secondary N) is 1. The van der Waals surface area contributed by atoms with E-state index in [1.165, 1.54) is 18.6 Å². The van der Waals surface area contributed by atoms with E-state index in [4.69, 9.17) is 4.74 Å². The lowest BCUT2D eigenvalue weighted by molar-refractivity contribution is -0.138. The van der Waals surface area contributed by atoms with E-state index in [2.05, 4.69) is 5.32 Å². The molecule has 0 aliphatic carbocycles. The first-order valence-corrected chi connectivity index (χ1v) is 7.59. The molecule has 0 saturated carbocycles. The van der Waals surface area contributed by atoms with E-state index in [1.807, 2.05) is 4.90 Å². The Kier molecular flexibility index (Phi) is 5.64. The molecule has 22 heavy (non-hydrogen) atoms. The zero-order valence-corrected chi connectivity index (χ0v) is 13.4. The number of halogens is 2. The number of hydrogen-bond donors (Lipinski definition) is 1. The third kappa shape index (κ3) is 3.90. The van der Waals surface area contributed by atoms with Crippen molar-refractivity contribution in [2.24, 2.45) is 0 Å². The maximum absolute atomic E-state index is 13.1. The highest BCUT2D eigenvalue weighted by Gasteiger charge is 2.33. The second-order valence-electron chi connectivity index (χ2n) is 5.93. The third-order valence-corrected chi connectivity index (χ3v) is 4.29. The third-order valence-electron chi connectivity index (χ3n) is 4.29. The average molecular weight is 329 g/mol. The van der Waals surface area contributed by atoms with Crippen LogP contribution in [0.5, 0.6) is 5.75 Å². The van der Waals surface area contributed by atoms with Gasteiger partial charge in [-0.1, -0.05) is 6.07 Å². The van der Waals surface area contributed by atoms with Crippen LogP contribution in [0.3, 0.4) is 0 Å². The highest BCUT2D eigenvalue weighted by Crippen LogP contribution is 2.21. The van der Waals surface area contributed by atoms with Gasteiger partial charge in [0.15, 0.2) is 6.10 Å². The predicted molar refractivity (Wildman–Crippen MR) is 84.9 cm³/mol. The molecule has 122 valence electrons. The molecule has 6 heteroatoms. The van der Waals surface area contributed by atoms with Gasteiger partial charge in [0.25, 0.3) is 5.91 Å². The van der Waals surface area contributed by atoms with Crippen molar-refractivity contribution in [3.05, 3.63) is 30.1 Å². The fraction of sp³-hybridized carbons (Fsp3) is 0.562. The monoisotopic (exact) mass is 328 g/mol. The molecule has 1 aromatic carbocycles. The molecule has 4 nitrogen and oxygen atoms in total. The summed E-state index contributed by atoms with van der Waals surface area (Å²) in [4.78, 5) is 14.4. The van der Waals surface area contributed by atoms with E-state index in [-0.39, 0.29) is 24.1 Å². The summed E-state index contributed by atoms with van der Waals surface area (Å²) < 4.78 is 18.7. The molecule has 3 rings (SSSR count). The lowest BCUT2D eigenvalue weighted by atomic mass is 10.1. The molecule has 1 aromatic rings. The van der Waals surface area contributed by atoms with Gasteiger partial charge < -0.3 is 15.0 Å². The van der Waals surface area contributed by atoms with E-state index in [9.17, 15) is 9.18 Å². The van der Waals surface area contributed by atoms with Gasteiger partial charge in [-0.15, -0.1) is 12.4 Å². The van der Waals surface area contributed by atoms with Crippen molar-refractivity contribution in [2.75, 3.05) is 13.1 Å². The molecule has 0 spiro atoms. The standard InChI is InChI=1S/C16H21FN2O2.ClH/c1-11(21-15-4-2-3-12(17)9-15)16(20)19-8-7-13-5-6-14(10-19)18-13;/h2-4,9,11,13-14,18H,5-8,10H2,1H3;1H. The normalized spacial score (nSPS) is 25.1. The van der Waals surface area contributed by atoms with E-state index in [1.54, 1.807) is 19.1 Å². The molecule has 2 aliphatic heterocycles. The molecule has 2 bridgehead atoms. The maximum Gasteiger partial charge on any atom is 0.263 e. The number of likely N-dealkylation sites (tertiary alicyclic amines) is 1. The second kappa shape index (κ2) is 7.29. The summed E-state index contributed by atoms with van der Waals surface area (Å²) in [6, 6.07) is 6.86. The van der Waals surface area contributed by atoms with Gasteiger partial charge >= 0.3 is 0 Å². The molecule has 2 aliphatic rings. The largest absolute Gasteiger partial charge is 0.481 e. The van der Waals surface area contributed by atoms with Crippen LogP contribution < -0.4 is 10.1 Å². The fourth-order valence-corrected chi connectivity index (χ4v) is 3.20. The van der Waals surface area contributed by atoms with Gasteiger partial charge in [0.2, 0.25) is 0 Å². The number of hydrogen-bond acceptors (Lipinski definition) is 3. The van der Waals surface area contributed by atoms with Crippen molar-refractivity contribution in [1.29, 1.82) is 0 Å². The molecule has 3 atom stereocenters. The van der Waals surface area contributed by atoms with Crippen molar-refractivity contribution in [1.82, 2.24) is 10.2 Å². The van der Waals surface area contributed by atoms with Crippen LogP contribution >= 0.6 is 12.4 Å². The summed E-state index contributed by atoms with van der Waals surface area (Å²) in [5.41, 5.74) is 0. The SMILES string of the molecule is CC(Oc1cccc(F)c1)C(=O)N1CCC2CCC(C1)N2.Cl. The Bertz CT molecular complexity index is 529. The number of carbonyl (C=O) groups excluding carboxylic acids is 1. The number of amides is 1. The number of fused-ring (bicyclic) bond motifs is 2. The smallest absolute Gasteiger partial charge is 0.263 e. The van der Waals surface area contributed by atoms with Crippen molar-refractivity contribution >= 4 is 18.3 Å². The summed E-state index contributed by atoms with van der Waals surface area (Å²) >= 11 is 0. The van der Waals surface area contributed by atoms with E-state index < -0.39 is 6.10 Å². The Morgan fingerprint density at radius 2 is 2.14 bits per heavy atom. The molecular weight excluding hydrogens is 307 g/mol. The van der Waals surface area contributed by atoms with E-state index >= 15 is 0 Å². The maximum atomic E-state index is 13.1. The second-order valence-corrected chi connectivity index (χ2v) is 5.93. The lowest BCUT2D eigenvalue weighted by Crippen LogP contribution is -2.44. The number of benzene rings is 1. The average Bonchev–Trinajstić information content (AvgIpc) is 2.77. The van der Waals surface area contributed by atoms with Crippen molar-refractivity contribution < 1.29 is 13.9 Å². The van der Waals surface area contributed by atoms with Crippen LogP contribution in [0.4, 0.5) is 4.39 Å². The van der Waals surface area contributed by atoms with Crippen LogP contribution in [0.15, 0.2) is 24.3 Å². The zero-order chi connectivity index (χ0) is 14.8. The van der Waals surface area contributed by atoms with Crippen LogP contribution in [-0.4, -0.2) is 42.1 Å². The minimum Gasteiger partial charge on any atom is -0.481 e. The van der Waals surface area contributed by atoms with Crippen LogP contribution in [0.1, 0.15) is 26.2 Å². The fourth-order valence-electron chi connectivity index (χ4n) is 3.20. The molecule has 2 fully saturated rings. The van der Waals surface area contributed by atoms with Crippen LogP contribution in [-0.2, 0) is 4.79 Å². The number of rotatable bonds is 3. The topological polar surface area (TPSA) is 41.6 Å². The lowest BCUT2D eigenvalue weighted by Gasteiger charge is -2.27. The molecule has 3 unspecified atom stereocenters. The zero-order valence-electron chi connectivity index (χ0n) is 12.6. The van der Waals surface area contributed by atoms with Gasteiger partial charge in [0.05, 0.1) is 0 Å². The first-order valence-electron chi connectivity index (χ1n) is 7.59. The van der Waals surface area contributed by atoms with Gasteiger partial charge in [0.1, 0.15) is 11.6 Å². The summed E-state index contributed by atoms with van der Waals surface area (Å²) in [6.45, 7) is 3.24. The van der Waals surface area contributed by atoms with Gasteiger partial charge in [-0.3, -0.25) is 4.79 Å². The van der Waals surface area contributed by atoms with Crippen LogP contribution in [0, 0.1) is 5.82 Å². The number of ether oxygens (including phenoxy) is 1. The Labute approximate surface area is 136 Å². The van der Waals surface area contributed by atoms with Crippen LogP contribution in [0.25, 0.3) is 0 Å². The highest BCUT2D eigenvalue weighted by molar-refractivity contribution is 5.85. The minimum absolute atomic E-state index is 0. The van der Waals surface area contributed by atoms with Crippen molar-refractivity contribution in [3.8, 4) is 5.75 Å². The Morgan fingerprint density at radius 1 is 1.36 bits per heavy atom. The quantitative estimate of drug-likeness (QED) is 0.926.